The lowest BCUT2D eigenvalue weighted by molar-refractivity contribution is -0.174. The average molecular weight is 405 g/mol. The van der Waals surface area contributed by atoms with E-state index in [4.69, 9.17) is 9.47 Å². The SMILES string of the molecule is C[C@]1(CO)[C@@H]2CC[C@H]3OC(=O)C[C@H]3[C@]2(C)CC[C@H]1OC(=O)Nc1cccc(F)c1. The van der Waals surface area contributed by atoms with Crippen molar-refractivity contribution < 1.29 is 28.6 Å². The van der Waals surface area contributed by atoms with Gasteiger partial charge in [-0.25, -0.2) is 9.18 Å². The van der Waals surface area contributed by atoms with Crippen LogP contribution in [0.4, 0.5) is 14.9 Å². The maximum Gasteiger partial charge on any atom is 0.411 e. The van der Waals surface area contributed by atoms with E-state index in [2.05, 4.69) is 12.2 Å². The van der Waals surface area contributed by atoms with E-state index in [0.717, 1.165) is 19.3 Å². The van der Waals surface area contributed by atoms with Crippen molar-refractivity contribution in [1.29, 1.82) is 0 Å². The molecule has 4 rings (SSSR count). The molecule has 0 radical (unpaired) electrons. The molecule has 6 nitrogen and oxygen atoms in total. The molecular formula is C22H28FNO5. The fraction of sp³-hybridized carbons (Fsp3) is 0.636. The van der Waals surface area contributed by atoms with Gasteiger partial charge in [-0.2, -0.15) is 0 Å². The Morgan fingerprint density at radius 1 is 1.34 bits per heavy atom. The van der Waals surface area contributed by atoms with Gasteiger partial charge in [0, 0.05) is 17.0 Å². The molecule has 2 aliphatic carbocycles. The third-order valence-electron chi connectivity index (χ3n) is 7.64. The summed E-state index contributed by atoms with van der Waals surface area (Å²) in [6, 6.07) is 5.63. The zero-order chi connectivity index (χ0) is 20.8. The molecular weight excluding hydrogens is 377 g/mol. The molecule has 1 amide bonds. The molecule has 29 heavy (non-hydrogen) atoms. The predicted octanol–water partition coefficient (Wildman–Crippen LogP) is 3.88. The zero-order valence-corrected chi connectivity index (χ0v) is 16.8. The van der Waals surface area contributed by atoms with E-state index in [1.165, 1.54) is 18.2 Å². The first kappa shape index (κ1) is 20.1. The number of carbonyl (C=O) groups excluding carboxylic acids is 2. The molecule has 6 atom stereocenters. The summed E-state index contributed by atoms with van der Waals surface area (Å²) in [4.78, 5) is 24.3. The van der Waals surface area contributed by atoms with Crippen molar-refractivity contribution >= 4 is 17.7 Å². The van der Waals surface area contributed by atoms with Gasteiger partial charge >= 0.3 is 12.1 Å². The van der Waals surface area contributed by atoms with Gasteiger partial charge in [0.05, 0.1) is 13.0 Å². The summed E-state index contributed by atoms with van der Waals surface area (Å²) < 4.78 is 24.6. The number of amides is 1. The van der Waals surface area contributed by atoms with Crippen LogP contribution in [-0.2, 0) is 14.3 Å². The van der Waals surface area contributed by atoms with Crippen molar-refractivity contribution in [1.82, 2.24) is 0 Å². The molecule has 1 aromatic carbocycles. The van der Waals surface area contributed by atoms with Crippen molar-refractivity contribution in [2.24, 2.45) is 22.7 Å². The smallest absolute Gasteiger partial charge is 0.411 e. The maximum atomic E-state index is 13.4. The number of ether oxygens (including phenoxy) is 2. The summed E-state index contributed by atoms with van der Waals surface area (Å²) in [5.41, 5.74) is -0.447. The molecule has 0 bridgehead atoms. The first-order valence-electron chi connectivity index (χ1n) is 10.3. The van der Waals surface area contributed by atoms with Crippen molar-refractivity contribution in [3.8, 4) is 0 Å². The standard InChI is InChI=1S/C22H28FNO5/c1-21-9-8-18(29-20(27)24-14-5-3-4-13(23)10-14)22(2,12-25)17(21)7-6-16-15(21)11-19(26)28-16/h3-5,10,15-18,25H,6-9,11-12H2,1-2H3,(H,24,27)/t15-,16-,17-,18-,21+,22+/m1/s1. The number of carbonyl (C=O) groups is 2. The van der Waals surface area contributed by atoms with E-state index in [0.29, 0.717) is 18.5 Å². The fourth-order valence-electron chi connectivity index (χ4n) is 6.13. The number of benzene rings is 1. The zero-order valence-electron chi connectivity index (χ0n) is 16.8. The Morgan fingerprint density at radius 2 is 2.14 bits per heavy atom. The predicted molar refractivity (Wildman–Crippen MR) is 104 cm³/mol. The number of aliphatic hydroxyl groups excluding tert-OH is 1. The van der Waals surface area contributed by atoms with Gasteiger partial charge in [0.25, 0.3) is 0 Å². The summed E-state index contributed by atoms with van der Waals surface area (Å²) in [5, 5.41) is 12.9. The average Bonchev–Trinajstić information content (AvgIpc) is 3.06. The van der Waals surface area contributed by atoms with Gasteiger partial charge in [-0.15, -0.1) is 0 Å². The Bertz CT molecular complexity index is 816. The number of anilines is 1. The number of rotatable bonds is 3. The van der Waals surface area contributed by atoms with E-state index in [9.17, 15) is 19.1 Å². The lowest BCUT2D eigenvalue weighted by atomic mass is 9.46. The summed E-state index contributed by atoms with van der Waals surface area (Å²) >= 11 is 0. The number of halogens is 1. The van der Waals surface area contributed by atoms with Crippen molar-refractivity contribution in [3.63, 3.8) is 0 Å². The highest BCUT2D eigenvalue weighted by molar-refractivity contribution is 5.84. The molecule has 1 aliphatic heterocycles. The molecule has 2 N–H and O–H groups in total. The van der Waals surface area contributed by atoms with Gasteiger partial charge < -0.3 is 14.6 Å². The molecule has 1 saturated heterocycles. The van der Waals surface area contributed by atoms with Crippen LogP contribution in [0.15, 0.2) is 24.3 Å². The minimum Gasteiger partial charge on any atom is -0.462 e. The Labute approximate surface area is 169 Å². The van der Waals surface area contributed by atoms with Crippen LogP contribution < -0.4 is 5.32 Å². The van der Waals surface area contributed by atoms with Crippen LogP contribution in [0.1, 0.15) is 46.0 Å². The highest BCUT2D eigenvalue weighted by Crippen LogP contribution is 2.62. The lowest BCUT2D eigenvalue weighted by Gasteiger charge is -2.59. The van der Waals surface area contributed by atoms with Crippen LogP contribution >= 0.6 is 0 Å². The highest BCUT2D eigenvalue weighted by atomic mass is 19.1. The molecule has 158 valence electrons. The monoisotopic (exact) mass is 405 g/mol. The van der Waals surface area contributed by atoms with E-state index in [-0.39, 0.29) is 35.9 Å². The molecule has 0 unspecified atom stereocenters. The molecule has 1 aromatic rings. The minimum absolute atomic E-state index is 0.0413. The van der Waals surface area contributed by atoms with E-state index in [1.807, 2.05) is 6.92 Å². The van der Waals surface area contributed by atoms with E-state index >= 15 is 0 Å². The summed E-state index contributed by atoms with van der Waals surface area (Å²) in [6.45, 7) is 4.04. The quantitative estimate of drug-likeness (QED) is 0.746. The normalized spacial score (nSPS) is 38.6. The fourth-order valence-corrected chi connectivity index (χ4v) is 6.13. The van der Waals surface area contributed by atoms with Gasteiger partial charge in [-0.3, -0.25) is 10.1 Å². The number of hydrogen-bond donors (Lipinski definition) is 2. The maximum absolute atomic E-state index is 13.4. The Morgan fingerprint density at radius 3 is 2.86 bits per heavy atom. The van der Waals surface area contributed by atoms with Gasteiger partial charge in [-0.05, 0) is 55.2 Å². The topological polar surface area (TPSA) is 84.9 Å². The van der Waals surface area contributed by atoms with Crippen molar-refractivity contribution in [2.45, 2.75) is 58.2 Å². The van der Waals surface area contributed by atoms with Gasteiger partial charge in [-0.1, -0.05) is 19.9 Å². The van der Waals surface area contributed by atoms with Gasteiger partial charge in [0.1, 0.15) is 18.0 Å². The van der Waals surface area contributed by atoms with Gasteiger partial charge in [0.2, 0.25) is 0 Å². The Hall–Kier alpha value is -2.15. The van der Waals surface area contributed by atoms with Crippen LogP contribution in [0.3, 0.4) is 0 Å². The van der Waals surface area contributed by atoms with E-state index in [1.54, 1.807) is 6.07 Å². The third-order valence-corrected chi connectivity index (χ3v) is 7.64. The number of fused-ring (bicyclic) bond motifs is 3. The van der Waals surface area contributed by atoms with Crippen LogP contribution in [0, 0.1) is 28.5 Å². The Kier molecular flexibility index (Phi) is 5.05. The second-order valence-electron chi connectivity index (χ2n) is 9.21. The van der Waals surface area contributed by atoms with E-state index < -0.39 is 23.4 Å². The van der Waals surface area contributed by atoms with Crippen LogP contribution in [0.5, 0.6) is 0 Å². The number of esters is 1. The van der Waals surface area contributed by atoms with Crippen LogP contribution in [-0.4, -0.2) is 36.0 Å². The number of hydrogen-bond acceptors (Lipinski definition) is 5. The molecule has 7 heteroatoms. The second-order valence-corrected chi connectivity index (χ2v) is 9.21. The van der Waals surface area contributed by atoms with Crippen LogP contribution in [0.25, 0.3) is 0 Å². The first-order valence-corrected chi connectivity index (χ1v) is 10.3. The summed E-state index contributed by atoms with van der Waals surface area (Å²) in [5.74, 6) is -0.333. The number of nitrogens with one attached hydrogen (secondary N) is 1. The molecule has 3 fully saturated rings. The van der Waals surface area contributed by atoms with Crippen LogP contribution in [0.2, 0.25) is 0 Å². The lowest BCUT2D eigenvalue weighted by Crippen LogP contribution is -2.59. The molecule has 2 saturated carbocycles. The molecule has 0 spiro atoms. The Balaban J connectivity index is 1.51. The number of aliphatic hydroxyl groups is 1. The third kappa shape index (κ3) is 3.39. The van der Waals surface area contributed by atoms with Crippen molar-refractivity contribution in [3.05, 3.63) is 30.1 Å². The van der Waals surface area contributed by atoms with Gasteiger partial charge in [0.15, 0.2) is 0 Å². The minimum atomic E-state index is -0.656. The molecule has 3 aliphatic rings. The summed E-state index contributed by atoms with van der Waals surface area (Å²) in [6.07, 6.45) is 2.24. The molecule has 1 heterocycles. The molecule has 0 aromatic heterocycles. The second kappa shape index (κ2) is 7.27. The largest absolute Gasteiger partial charge is 0.462 e. The van der Waals surface area contributed by atoms with Crippen molar-refractivity contribution in [2.75, 3.05) is 11.9 Å². The first-order chi connectivity index (χ1) is 13.8. The summed E-state index contributed by atoms with van der Waals surface area (Å²) in [7, 11) is 0. The highest BCUT2D eigenvalue weighted by Gasteiger charge is 2.62.